The van der Waals surface area contributed by atoms with Crippen LogP contribution < -0.4 is 5.56 Å². The standard InChI is InChI=1S/C22H32N6O3/c1-5-6-19(21-24-25-26-28(21)10-12-31-4)27(9-11-29)14-18-13-17-8-7-15(2)16(3)20(17)23-22(18)30/h7-8,13,19,29H,5-6,9-12,14H2,1-4H3,(H,23,30). The lowest BCUT2D eigenvalue weighted by Gasteiger charge is -2.30. The number of methoxy groups -OCH3 is 1. The normalized spacial score (nSPS) is 12.7. The Morgan fingerprint density at radius 1 is 1.32 bits per heavy atom. The Balaban J connectivity index is 1.97. The number of aliphatic hydroxyl groups excluding tert-OH is 1. The van der Waals surface area contributed by atoms with E-state index in [2.05, 4.69) is 38.4 Å². The Kier molecular flexibility index (Phi) is 7.89. The second-order valence-electron chi connectivity index (χ2n) is 7.85. The van der Waals surface area contributed by atoms with Gasteiger partial charge in [0.1, 0.15) is 0 Å². The molecule has 3 aromatic rings. The van der Waals surface area contributed by atoms with Gasteiger partial charge in [-0.1, -0.05) is 25.5 Å². The van der Waals surface area contributed by atoms with Crippen LogP contribution in [0.5, 0.6) is 0 Å². The minimum Gasteiger partial charge on any atom is -0.395 e. The Labute approximate surface area is 182 Å². The highest BCUT2D eigenvalue weighted by molar-refractivity contribution is 5.83. The SMILES string of the molecule is CCCC(c1nnnn1CCOC)N(CCO)Cc1cc2ccc(C)c(C)c2[nH]c1=O. The van der Waals surface area contributed by atoms with E-state index >= 15 is 0 Å². The summed E-state index contributed by atoms with van der Waals surface area (Å²) in [7, 11) is 1.64. The van der Waals surface area contributed by atoms with Crippen molar-refractivity contribution in [2.45, 2.75) is 52.7 Å². The Hall–Kier alpha value is -2.62. The molecular weight excluding hydrogens is 396 g/mol. The average Bonchev–Trinajstić information content (AvgIpc) is 3.22. The number of aliphatic hydroxyl groups is 1. The van der Waals surface area contributed by atoms with Crippen molar-refractivity contribution in [3.8, 4) is 0 Å². The molecule has 2 N–H and O–H groups in total. The van der Waals surface area contributed by atoms with Gasteiger partial charge in [0, 0.05) is 25.8 Å². The molecule has 1 aromatic carbocycles. The van der Waals surface area contributed by atoms with E-state index < -0.39 is 0 Å². The molecule has 2 aromatic heterocycles. The molecule has 168 valence electrons. The molecule has 0 aliphatic heterocycles. The average molecular weight is 429 g/mol. The fourth-order valence-corrected chi connectivity index (χ4v) is 3.92. The number of benzene rings is 1. The number of rotatable bonds is 11. The molecule has 9 nitrogen and oxygen atoms in total. The Morgan fingerprint density at radius 2 is 2.13 bits per heavy atom. The fraction of sp³-hybridized carbons (Fsp3) is 0.545. The highest BCUT2D eigenvalue weighted by Gasteiger charge is 2.26. The lowest BCUT2D eigenvalue weighted by molar-refractivity contribution is 0.124. The minimum atomic E-state index is -0.126. The highest BCUT2D eigenvalue weighted by atomic mass is 16.5. The summed E-state index contributed by atoms with van der Waals surface area (Å²) in [5.41, 5.74) is 3.63. The van der Waals surface area contributed by atoms with Crippen molar-refractivity contribution in [3.05, 3.63) is 51.1 Å². The zero-order valence-corrected chi connectivity index (χ0v) is 18.8. The fourth-order valence-electron chi connectivity index (χ4n) is 3.92. The molecule has 0 radical (unpaired) electrons. The summed E-state index contributed by atoms with van der Waals surface area (Å²) in [6.45, 7) is 7.97. The zero-order valence-electron chi connectivity index (χ0n) is 18.8. The van der Waals surface area contributed by atoms with Crippen LogP contribution >= 0.6 is 0 Å². The van der Waals surface area contributed by atoms with E-state index in [1.54, 1.807) is 11.8 Å². The first kappa shape index (κ1) is 23.1. The minimum absolute atomic E-state index is 0.0242. The monoisotopic (exact) mass is 428 g/mol. The van der Waals surface area contributed by atoms with E-state index in [9.17, 15) is 9.90 Å². The van der Waals surface area contributed by atoms with Crippen LogP contribution in [0.15, 0.2) is 23.0 Å². The van der Waals surface area contributed by atoms with E-state index in [0.29, 0.717) is 31.8 Å². The topological polar surface area (TPSA) is 109 Å². The Morgan fingerprint density at radius 3 is 2.84 bits per heavy atom. The second-order valence-corrected chi connectivity index (χ2v) is 7.85. The van der Waals surface area contributed by atoms with Gasteiger partial charge < -0.3 is 14.8 Å². The molecule has 1 unspecified atom stereocenters. The molecule has 2 heterocycles. The predicted molar refractivity (Wildman–Crippen MR) is 119 cm³/mol. The van der Waals surface area contributed by atoms with Gasteiger partial charge in [0.2, 0.25) is 0 Å². The number of tetrazole rings is 1. The number of H-pyrrole nitrogens is 1. The van der Waals surface area contributed by atoms with Crippen LogP contribution in [0.1, 0.15) is 48.3 Å². The number of aryl methyl sites for hydroxylation is 2. The van der Waals surface area contributed by atoms with Crippen molar-refractivity contribution >= 4 is 10.9 Å². The van der Waals surface area contributed by atoms with Crippen LogP contribution in [-0.2, 0) is 17.8 Å². The van der Waals surface area contributed by atoms with Crippen LogP contribution in [0.25, 0.3) is 10.9 Å². The molecule has 3 rings (SSSR count). The first-order valence-electron chi connectivity index (χ1n) is 10.7. The largest absolute Gasteiger partial charge is 0.395 e. The number of hydrogen-bond donors (Lipinski definition) is 2. The second kappa shape index (κ2) is 10.6. The highest BCUT2D eigenvalue weighted by Crippen LogP contribution is 2.26. The van der Waals surface area contributed by atoms with Crippen molar-refractivity contribution in [2.75, 3.05) is 26.9 Å². The van der Waals surface area contributed by atoms with E-state index in [4.69, 9.17) is 4.74 Å². The van der Waals surface area contributed by atoms with Gasteiger partial charge in [0.25, 0.3) is 5.56 Å². The van der Waals surface area contributed by atoms with Crippen molar-refractivity contribution in [1.82, 2.24) is 30.1 Å². The van der Waals surface area contributed by atoms with E-state index in [0.717, 1.165) is 40.7 Å². The summed E-state index contributed by atoms with van der Waals surface area (Å²) in [5, 5.41) is 23.0. The third-order valence-corrected chi connectivity index (χ3v) is 5.76. The molecule has 0 bridgehead atoms. The number of aromatic nitrogens is 5. The molecular formula is C22H32N6O3. The van der Waals surface area contributed by atoms with Gasteiger partial charge in [-0.25, -0.2) is 4.68 Å². The predicted octanol–water partition coefficient (Wildman–Crippen LogP) is 2.11. The molecule has 0 spiro atoms. The van der Waals surface area contributed by atoms with Crippen LogP contribution in [0.3, 0.4) is 0 Å². The summed E-state index contributed by atoms with van der Waals surface area (Å²) in [4.78, 5) is 18.0. The lowest BCUT2D eigenvalue weighted by Crippen LogP contribution is -2.35. The molecule has 9 heteroatoms. The number of ether oxygens (including phenoxy) is 1. The first-order chi connectivity index (χ1) is 15.0. The number of fused-ring (bicyclic) bond motifs is 1. The molecule has 1 atom stereocenters. The van der Waals surface area contributed by atoms with Gasteiger partial charge >= 0.3 is 0 Å². The third kappa shape index (κ3) is 5.17. The van der Waals surface area contributed by atoms with Gasteiger partial charge in [-0.05, 0) is 53.3 Å². The van der Waals surface area contributed by atoms with Crippen LogP contribution in [-0.4, -0.2) is 62.1 Å². The first-order valence-corrected chi connectivity index (χ1v) is 10.7. The van der Waals surface area contributed by atoms with Crippen LogP contribution in [0, 0.1) is 13.8 Å². The maximum Gasteiger partial charge on any atom is 0.252 e. The molecule has 0 aliphatic rings. The van der Waals surface area contributed by atoms with Crippen molar-refractivity contribution < 1.29 is 9.84 Å². The van der Waals surface area contributed by atoms with E-state index in [1.165, 1.54) is 0 Å². The van der Waals surface area contributed by atoms with Crippen molar-refractivity contribution in [1.29, 1.82) is 0 Å². The van der Waals surface area contributed by atoms with E-state index in [-0.39, 0.29) is 18.2 Å². The number of pyridine rings is 1. The maximum atomic E-state index is 12.9. The van der Waals surface area contributed by atoms with Gasteiger partial charge in [-0.3, -0.25) is 9.69 Å². The summed E-state index contributed by atoms with van der Waals surface area (Å²) >= 11 is 0. The molecule has 0 aliphatic carbocycles. The van der Waals surface area contributed by atoms with Crippen molar-refractivity contribution in [3.63, 3.8) is 0 Å². The Bertz CT molecular complexity index is 1060. The van der Waals surface area contributed by atoms with Gasteiger partial charge in [0.15, 0.2) is 5.82 Å². The molecule has 0 saturated carbocycles. The molecule has 31 heavy (non-hydrogen) atoms. The number of aromatic amines is 1. The number of hydrogen-bond acceptors (Lipinski definition) is 7. The van der Waals surface area contributed by atoms with Gasteiger partial charge in [0.05, 0.1) is 31.3 Å². The maximum absolute atomic E-state index is 12.9. The molecule has 0 fully saturated rings. The summed E-state index contributed by atoms with van der Waals surface area (Å²) in [6, 6.07) is 5.91. The molecule has 0 saturated heterocycles. The zero-order chi connectivity index (χ0) is 22.4. The van der Waals surface area contributed by atoms with Crippen LogP contribution in [0.2, 0.25) is 0 Å². The quantitative estimate of drug-likeness (QED) is 0.481. The smallest absolute Gasteiger partial charge is 0.252 e. The summed E-state index contributed by atoms with van der Waals surface area (Å²) < 4.78 is 6.91. The number of nitrogens with one attached hydrogen (secondary N) is 1. The van der Waals surface area contributed by atoms with Gasteiger partial charge in [-0.15, -0.1) is 5.10 Å². The summed E-state index contributed by atoms with van der Waals surface area (Å²) in [6.07, 6.45) is 1.72. The lowest BCUT2D eigenvalue weighted by atomic mass is 10.0. The summed E-state index contributed by atoms with van der Waals surface area (Å²) in [5.74, 6) is 0.719. The van der Waals surface area contributed by atoms with E-state index in [1.807, 2.05) is 26.0 Å². The van der Waals surface area contributed by atoms with Gasteiger partial charge in [-0.2, -0.15) is 0 Å². The third-order valence-electron chi connectivity index (χ3n) is 5.76. The number of nitrogens with zero attached hydrogens (tertiary/aromatic N) is 5. The van der Waals surface area contributed by atoms with Crippen molar-refractivity contribution in [2.24, 2.45) is 0 Å². The molecule has 0 amide bonds. The van der Waals surface area contributed by atoms with Crippen LogP contribution in [0.4, 0.5) is 0 Å².